The predicted molar refractivity (Wildman–Crippen MR) is 114 cm³/mol. The van der Waals surface area contributed by atoms with Crippen LogP contribution < -0.4 is 0 Å². The van der Waals surface area contributed by atoms with Crippen LogP contribution in [-0.4, -0.2) is 27.1 Å². The molecular weight excluding hydrogens is 402 g/mol. The highest BCUT2D eigenvalue weighted by molar-refractivity contribution is 8.18. The van der Waals surface area contributed by atoms with Gasteiger partial charge in [-0.05, 0) is 54.1 Å². The number of furan rings is 1. The molecule has 2 aromatic carbocycles. The van der Waals surface area contributed by atoms with Gasteiger partial charge in [-0.15, -0.1) is 0 Å². The second-order valence-corrected chi connectivity index (χ2v) is 7.78. The predicted octanol–water partition coefficient (Wildman–Crippen LogP) is 5.19. The number of carboxylic acids is 1. The number of carboxylic acid groups (broad SMARTS) is 1. The van der Waals surface area contributed by atoms with Crippen LogP contribution in [0, 0.1) is 6.92 Å². The van der Waals surface area contributed by atoms with Crippen LogP contribution in [0.25, 0.3) is 17.4 Å². The summed E-state index contributed by atoms with van der Waals surface area (Å²) in [7, 11) is 0. The Balaban J connectivity index is 1.55. The number of nitrogens with zero attached hydrogens (tertiary/aromatic N) is 1. The number of carbonyl (C=O) groups excluding carboxylic acids is 2. The molecule has 30 heavy (non-hydrogen) atoms. The number of aryl methyl sites for hydroxylation is 1. The van der Waals surface area contributed by atoms with Crippen molar-refractivity contribution in [2.75, 3.05) is 0 Å². The smallest absolute Gasteiger partial charge is 0.335 e. The Bertz CT molecular complexity index is 1190. The van der Waals surface area contributed by atoms with Gasteiger partial charge in [0, 0.05) is 11.6 Å². The molecule has 150 valence electrons. The number of amides is 2. The van der Waals surface area contributed by atoms with Crippen molar-refractivity contribution in [3.8, 4) is 11.3 Å². The first-order valence-corrected chi connectivity index (χ1v) is 9.97. The molecule has 1 fully saturated rings. The third-order valence-corrected chi connectivity index (χ3v) is 5.66. The van der Waals surface area contributed by atoms with Crippen molar-refractivity contribution in [2.45, 2.75) is 13.5 Å². The summed E-state index contributed by atoms with van der Waals surface area (Å²) in [5.41, 5.74) is 2.70. The third kappa shape index (κ3) is 3.92. The molecule has 1 N–H and O–H groups in total. The summed E-state index contributed by atoms with van der Waals surface area (Å²) < 4.78 is 5.76. The number of aromatic carboxylic acids is 1. The van der Waals surface area contributed by atoms with E-state index in [9.17, 15) is 14.4 Å². The minimum absolute atomic E-state index is 0.155. The highest BCUT2D eigenvalue weighted by atomic mass is 32.2. The molecule has 2 amide bonds. The standard InChI is InChI=1S/C23H17NO5S/c1-14-5-2-3-6-17(14)13-24-21(25)20(30-23(24)28)12-18-9-10-19(29-18)15-7-4-8-16(11-15)22(26)27/h2-12H,13H2,1H3,(H,26,27)/b20-12-. The lowest BCUT2D eigenvalue weighted by atomic mass is 10.1. The first-order chi connectivity index (χ1) is 14.4. The number of thioether (sulfide) groups is 1. The number of imide groups is 1. The van der Waals surface area contributed by atoms with E-state index in [1.165, 1.54) is 23.1 Å². The molecule has 2 heterocycles. The molecule has 3 aromatic rings. The van der Waals surface area contributed by atoms with Crippen LogP contribution in [-0.2, 0) is 11.3 Å². The van der Waals surface area contributed by atoms with Crippen molar-refractivity contribution in [3.63, 3.8) is 0 Å². The molecule has 0 bridgehead atoms. The quantitative estimate of drug-likeness (QED) is 0.573. The van der Waals surface area contributed by atoms with E-state index in [0.717, 1.165) is 22.9 Å². The molecule has 0 spiro atoms. The van der Waals surface area contributed by atoms with Gasteiger partial charge < -0.3 is 9.52 Å². The summed E-state index contributed by atoms with van der Waals surface area (Å²) in [6.45, 7) is 2.16. The van der Waals surface area contributed by atoms with Crippen LogP contribution in [0.1, 0.15) is 27.2 Å². The third-order valence-electron chi connectivity index (χ3n) is 4.76. The van der Waals surface area contributed by atoms with E-state index < -0.39 is 5.97 Å². The van der Waals surface area contributed by atoms with Gasteiger partial charge in [0.05, 0.1) is 17.0 Å². The number of carbonyl (C=O) groups is 3. The highest BCUT2D eigenvalue weighted by Crippen LogP contribution is 2.34. The topological polar surface area (TPSA) is 87.8 Å². The van der Waals surface area contributed by atoms with E-state index in [1.807, 2.05) is 31.2 Å². The molecule has 1 saturated heterocycles. The van der Waals surface area contributed by atoms with Gasteiger partial charge in [0.1, 0.15) is 11.5 Å². The monoisotopic (exact) mass is 419 g/mol. The maximum atomic E-state index is 12.7. The van der Waals surface area contributed by atoms with Crippen molar-refractivity contribution in [2.24, 2.45) is 0 Å². The normalized spacial score (nSPS) is 15.2. The zero-order valence-corrected chi connectivity index (χ0v) is 16.8. The molecule has 7 heteroatoms. The maximum absolute atomic E-state index is 12.7. The van der Waals surface area contributed by atoms with Gasteiger partial charge in [-0.25, -0.2) is 4.79 Å². The zero-order chi connectivity index (χ0) is 21.3. The van der Waals surface area contributed by atoms with Gasteiger partial charge in [-0.3, -0.25) is 14.5 Å². The van der Waals surface area contributed by atoms with Gasteiger partial charge >= 0.3 is 5.97 Å². The largest absolute Gasteiger partial charge is 0.478 e. The van der Waals surface area contributed by atoms with Crippen LogP contribution in [0.4, 0.5) is 4.79 Å². The van der Waals surface area contributed by atoms with Crippen LogP contribution in [0.15, 0.2) is 70.0 Å². The number of benzene rings is 2. The van der Waals surface area contributed by atoms with Gasteiger partial charge in [0.15, 0.2) is 0 Å². The van der Waals surface area contributed by atoms with Gasteiger partial charge in [-0.1, -0.05) is 36.4 Å². The summed E-state index contributed by atoms with van der Waals surface area (Å²) in [4.78, 5) is 37.8. The van der Waals surface area contributed by atoms with Crippen molar-refractivity contribution in [3.05, 3.63) is 88.0 Å². The number of hydrogen-bond acceptors (Lipinski definition) is 5. The lowest BCUT2D eigenvalue weighted by molar-refractivity contribution is -0.123. The number of rotatable bonds is 5. The molecular formula is C23H17NO5S. The Morgan fingerprint density at radius 2 is 1.90 bits per heavy atom. The zero-order valence-electron chi connectivity index (χ0n) is 16.0. The van der Waals surface area contributed by atoms with Crippen molar-refractivity contribution in [1.82, 2.24) is 4.90 Å². The Labute approximate surface area is 176 Å². The lowest BCUT2D eigenvalue weighted by Gasteiger charge is -2.14. The second kappa shape index (κ2) is 8.04. The Hall–Kier alpha value is -3.58. The lowest BCUT2D eigenvalue weighted by Crippen LogP contribution is -2.27. The molecule has 1 aliphatic rings. The summed E-state index contributed by atoms with van der Waals surface area (Å²) in [6, 6.07) is 17.4. The van der Waals surface area contributed by atoms with Crippen LogP contribution in [0.3, 0.4) is 0 Å². The Kier molecular flexibility index (Phi) is 5.29. The molecule has 0 saturated carbocycles. The fraction of sp³-hybridized carbons (Fsp3) is 0.0870. The van der Waals surface area contributed by atoms with E-state index in [-0.39, 0.29) is 28.2 Å². The van der Waals surface area contributed by atoms with Crippen molar-refractivity contribution < 1.29 is 23.9 Å². The molecule has 0 aliphatic carbocycles. The maximum Gasteiger partial charge on any atom is 0.335 e. The van der Waals surface area contributed by atoms with E-state index >= 15 is 0 Å². The molecule has 0 radical (unpaired) electrons. The average molecular weight is 419 g/mol. The summed E-state index contributed by atoms with van der Waals surface area (Å²) in [6.07, 6.45) is 1.54. The molecule has 1 aliphatic heterocycles. The molecule has 4 rings (SSSR count). The minimum atomic E-state index is -1.02. The minimum Gasteiger partial charge on any atom is -0.478 e. The second-order valence-electron chi connectivity index (χ2n) is 6.78. The fourth-order valence-corrected chi connectivity index (χ4v) is 3.93. The highest BCUT2D eigenvalue weighted by Gasteiger charge is 2.35. The van der Waals surface area contributed by atoms with Gasteiger partial charge in [0.25, 0.3) is 11.1 Å². The first-order valence-electron chi connectivity index (χ1n) is 9.16. The molecule has 1 aromatic heterocycles. The summed E-state index contributed by atoms with van der Waals surface area (Å²) in [5, 5.41) is 8.81. The van der Waals surface area contributed by atoms with Gasteiger partial charge in [-0.2, -0.15) is 0 Å². The SMILES string of the molecule is Cc1ccccc1CN1C(=O)S/C(=C\c2ccc(-c3cccc(C(=O)O)c3)o2)C1=O. The Morgan fingerprint density at radius 1 is 1.10 bits per heavy atom. The van der Waals surface area contributed by atoms with E-state index in [4.69, 9.17) is 9.52 Å². The van der Waals surface area contributed by atoms with E-state index in [2.05, 4.69) is 0 Å². The van der Waals surface area contributed by atoms with Crippen molar-refractivity contribution >= 4 is 35.0 Å². The average Bonchev–Trinajstić information content (AvgIpc) is 3.30. The van der Waals surface area contributed by atoms with E-state index in [1.54, 1.807) is 24.3 Å². The molecule has 0 atom stereocenters. The van der Waals surface area contributed by atoms with Gasteiger partial charge in [0.2, 0.25) is 0 Å². The van der Waals surface area contributed by atoms with Crippen molar-refractivity contribution in [1.29, 1.82) is 0 Å². The summed E-state index contributed by atoms with van der Waals surface area (Å²) >= 11 is 0.874. The Morgan fingerprint density at radius 3 is 2.67 bits per heavy atom. The van der Waals surface area contributed by atoms with E-state index in [0.29, 0.717) is 17.1 Å². The van der Waals surface area contributed by atoms with Crippen LogP contribution >= 0.6 is 11.8 Å². The molecule has 6 nitrogen and oxygen atoms in total. The number of hydrogen-bond donors (Lipinski definition) is 1. The fourth-order valence-electron chi connectivity index (χ4n) is 3.11. The molecule has 0 unspecified atom stereocenters. The van der Waals surface area contributed by atoms with Crippen LogP contribution in [0.2, 0.25) is 0 Å². The van der Waals surface area contributed by atoms with Crippen LogP contribution in [0.5, 0.6) is 0 Å². The summed E-state index contributed by atoms with van der Waals surface area (Å²) in [5.74, 6) is -0.499. The first kappa shape index (κ1) is 19.7.